The standard InChI is InChI=1S/C15H21F2NO/c1-3-14-11(7-8-19-14)9-18-10(2)15-12(16)5-4-6-13(15)17/h4-6,10-11,14,18H,3,7-9H2,1-2H3. The summed E-state index contributed by atoms with van der Waals surface area (Å²) in [5.41, 5.74) is 0.120. The Kier molecular flexibility index (Phi) is 4.88. The van der Waals surface area contributed by atoms with Crippen molar-refractivity contribution in [3.05, 3.63) is 35.4 Å². The van der Waals surface area contributed by atoms with Crippen LogP contribution < -0.4 is 5.32 Å². The monoisotopic (exact) mass is 269 g/mol. The predicted octanol–water partition coefficient (Wildman–Crippen LogP) is 3.43. The van der Waals surface area contributed by atoms with E-state index in [1.54, 1.807) is 6.92 Å². The maximum atomic E-state index is 13.6. The quantitative estimate of drug-likeness (QED) is 0.884. The third kappa shape index (κ3) is 3.31. The predicted molar refractivity (Wildman–Crippen MR) is 70.9 cm³/mol. The lowest BCUT2D eigenvalue weighted by molar-refractivity contribution is 0.0867. The Labute approximate surface area is 113 Å². The van der Waals surface area contributed by atoms with E-state index in [0.717, 1.165) is 26.0 Å². The van der Waals surface area contributed by atoms with Crippen molar-refractivity contribution in [1.82, 2.24) is 5.32 Å². The van der Waals surface area contributed by atoms with Gasteiger partial charge in [-0.25, -0.2) is 8.78 Å². The fourth-order valence-electron chi connectivity index (χ4n) is 2.73. The maximum Gasteiger partial charge on any atom is 0.130 e. The number of nitrogens with one attached hydrogen (secondary N) is 1. The van der Waals surface area contributed by atoms with Gasteiger partial charge in [-0.15, -0.1) is 0 Å². The minimum Gasteiger partial charge on any atom is -0.378 e. The van der Waals surface area contributed by atoms with E-state index in [2.05, 4.69) is 12.2 Å². The van der Waals surface area contributed by atoms with Gasteiger partial charge in [-0.05, 0) is 37.8 Å². The van der Waals surface area contributed by atoms with Crippen LogP contribution in [-0.4, -0.2) is 19.3 Å². The van der Waals surface area contributed by atoms with Gasteiger partial charge >= 0.3 is 0 Å². The summed E-state index contributed by atoms with van der Waals surface area (Å²) in [6, 6.07) is 3.65. The van der Waals surface area contributed by atoms with Crippen LogP contribution in [0.15, 0.2) is 18.2 Å². The molecule has 1 aromatic rings. The van der Waals surface area contributed by atoms with Crippen molar-refractivity contribution >= 4 is 0 Å². The molecule has 1 aromatic carbocycles. The van der Waals surface area contributed by atoms with Crippen LogP contribution in [0.1, 0.15) is 38.3 Å². The molecular formula is C15H21F2NO. The molecule has 1 N–H and O–H groups in total. The Hall–Kier alpha value is -1.00. The van der Waals surface area contributed by atoms with E-state index in [0.29, 0.717) is 5.92 Å². The molecule has 0 bridgehead atoms. The Morgan fingerprint density at radius 2 is 2.05 bits per heavy atom. The third-order valence-corrected chi connectivity index (χ3v) is 3.87. The van der Waals surface area contributed by atoms with Gasteiger partial charge in [0.05, 0.1) is 6.10 Å². The third-order valence-electron chi connectivity index (χ3n) is 3.87. The first-order chi connectivity index (χ1) is 9.13. The zero-order valence-electron chi connectivity index (χ0n) is 11.5. The summed E-state index contributed by atoms with van der Waals surface area (Å²) in [6.45, 7) is 5.40. The number of halogens is 2. The van der Waals surface area contributed by atoms with Crippen molar-refractivity contribution in [1.29, 1.82) is 0 Å². The van der Waals surface area contributed by atoms with Crippen LogP contribution in [0.4, 0.5) is 8.78 Å². The molecule has 2 nitrogen and oxygen atoms in total. The molecule has 1 aliphatic rings. The molecule has 4 heteroatoms. The van der Waals surface area contributed by atoms with Gasteiger partial charge in [-0.1, -0.05) is 13.0 Å². The first-order valence-corrected chi connectivity index (χ1v) is 6.92. The number of hydrogen-bond donors (Lipinski definition) is 1. The van der Waals surface area contributed by atoms with E-state index in [1.807, 2.05) is 0 Å². The number of rotatable bonds is 5. The molecule has 3 unspecified atom stereocenters. The average molecular weight is 269 g/mol. The molecule has 0 aromatic heterocycles. The first-order valence-electron chi connectivity index (χ1n) is 6.92. The fraction of sp³-hybridized carbons (Fsp3) is 0.600. The molecule has 19 heavy (non-hydrogen) atoms. The Morgan fingerprint density at radius 3 is 2.68 bits per heavy atom. The van der Waals surface area contributed by atoms with E-state index in [9.17, 15) is 8.78 Å². The van der Waals surface area contributed by atoms with Crippen LogP contribution in [0.2, 0.25) is 0 Å². The lowest BCUT2D eigenvalue weighted by Gasteiger charge is -2.21. The summed E-state index contributed by atoms with van der Waals surface area (Å²) in [5, 5.41) is 3.23. The molecule has 1 heterocycles. The molecule has 2 rings (SSSR count). The van der Waals surface area contributed by atoms with Crippen LogP contribution in [0.3, 0.4) is 0 Å². The van der Waals surface area contributed by atoms with Gasteiger partial charge in [0.2, 0.25) is 0 Å². The van der Waals surface area contributed by atoms with Crippen molar-refractivity contribution < 1.29 is 13.5 Å². The average Bonchev–Trinajstić information content (AvgIpc) is 2.83. The van der Waals surface area contributed by atoms with Crippen LogP contribution in [-0.2, 0) is 4.74 Å². The summed E-state index contributed by atoms with van der Waals surface area (Å²) in [7, 11) is 0. The summed E-state index contributed by atoms with van der Waals surface area (Å²) < 4.78 is 32.9. The molecule has 106 valence electrons. The molecule has 3 atom stereocenters. The topological polar surface area (TPSA) is 21.3 Å². The largest absolute Gasteiger partial charge is 0.378 e. The second kappa shape index (κ2) is 6.44. The van der Waals surface area contributed by atoms with Gasteiger partial charge in [0, 0.05) is 24.8 Å². The van der Waals surface area contributed by atoms with E-state index in [-0.39, 0.29) is 17.7 Å². The van der Waals surface area contributed by atoms with Gasteiger partial charge < -0.3 is 10.1 Å². The number of hydrogen-bond acceptors (Lipinski definition) is 2. The first kappa shape index (κ1) is 14.4. The second-order valence-electron chi connectivity index (χ2n) is 5.13. The second-order valence-corrected chi connectivity index (χ2v) is 5.13. The van der Waals surface area contributed by atoms with E-state index in [1.165, 1.54) is 18.2 Å². The minimum atomic E-state index is -0.491. The van der Waals surface area contributed by atoms with Gasteiger partial charge in [-0.3, -0.25) is 0 Å². The normalized spacial score (nSPS) is 24.6. The molecular weight excluding hydrogens is 248 g/mol. The van der Waals surface area contributed by atoms with Gasteiger partial charge in [0.25, 0.3) is 0 Å². The highest BCUT2D eigenvalue weighted by molar-refractivity contribution is 5.22. The van der Waals surface area contributed by atoms with Crippen LogP contribution in [0, 0.1) is 17.6 Å². The number of ether oxygens (including phenoxy) is 1. The molecule has 0 spiro atoms. The van der Waals surface area contributed by atoms with Crippen LogP contribution in [0.25, 0.3) is 0 Å². The molecule has 1 saturated heterocycles. The van der Waals surface area contributed by atoms with Crippen molar-refractivity contribution in [3.8, 4) is 0 Å². The highest BCUT2D eigenvalue weighted by atomic mass is 19.1. The fourth-order valence-corrected chi connectivity index (χ4v) is 2.73. The minimum absolute atomic E-state index is 0.120. The van der Waals surface area contributed by atoms with Gasteiger partial charge in [-0.2, -0.15) is 0 Å². The molecule has 0 saturated carbocycles. The molecule has 1 aliphatic heterocycles. The van der Waals surface area contributed by atoms with E-state index < -0.39 is 11.6 Å². The van der Waals surface area contributed by atoms with Crippen LogP contribution >= 0.6 is 0 Å². The van der Waals surface area contributed by atoms with Crippen LogP contribution in [0.5, 0.6) is 0 Å². The smallest absolute Gasteiger partial charge is 0.130 e. The van der Waals surface area contributed by atoms with Crippen molar-refractivity contribution in [2.24, 2.45) is 5.92 Å². The molecule has 0 radical (unpaired) electrons. The van der Waals surface area contributed by atoms with Gasteiger partial charge in [0.1, 0.15) is 11.6 Å². The summed E-state index contributed by atoms with van der Waals surface area (Å²) in [4.78, 5) is 0. The Bertz CT molecular complexity index is 404. The highest BCUT2D eigenvalue weighted by Crippen LogP contribution is 2.25. The van der Waals surface area contributed by atoms with E-state index in [4.69, 9.17) is 4.74 Å². The SMILES string of the molecule is CCC1OCCC1CNC(C)c1c(F)cccc1F. The highest BCUT2D eigenvalue weighted by Gasteiger charge is 2.27. The summed E-state index contributed by atoms with van der Waals surface area (Å²) in [5.74, 6) is -0.549. The van der Waals surface area contributed by atoms with Crippen molar-refractivity contribution in [2.45, 2.75) is 38.8 Å². The Balaban J connectivity index is 1.96. The van der Waals surface area contributed by atoms with Crippen molar-refractivity contribution in [2.75, 3.05) is 13.2 Å². The zero-order valence-corrected chi connectivity index (χ0v) is 11.5. The molecule has 0 aliphatic carbocycles. The van der Waals surface area contributed by atoms with Gasteiger partial charge in [0.15, 0.2) is 0 Å². The Morgan fingerprint density at radius 1 is 1.37 bits per heavy atom. The molecule has 0 amide bonds. The molecule has 1 fully saturated rings. The summed E-state index contributed by atoms with van der Waals surface area (Å²) in [6.07, 6.45) is 2.26. The van der Waals surface area contributed by atoms with E-state index >= 15 is 0 Å². The number of benzene rings is 1. The lowest BCUT2D eigenvalue weighted by Crippen LogP contribution is -2.30. The zero-order chi connectivity index (χ0) is 13.8. The van der Waals surface area contributed by atoms with Crippen molar-refractivity contribution in [3.63, 3.8) is 0 Å². The summed E-state index contributed by atoms with van der Waals surface area (Å²) >= 11 is 0. The maximum absolute atomic E-state index is 13.6. The lowest BCUT2D eigenvalue weighted by atomic mass is 9.98.